The number of alkyl halides is 1. The molecule has 0 spiro atoms. The van der Waals surface area contributed by atoms with Gasteiger partial charge >= 0.3 is 6.03 Å². The van der Waals surface area contributed by atoms with Crippen molar-refractivity contribution in [2.75, 3.05) is 19.0 Å². The number of halogens is 1. The first-order valence-corrected chi connectivity index (χ1v) is 9.59. The first-order valence-electron chi connectivity index (χ1n) is 9.06. The molecule has 0 aliphatic heterocycles. The van der Waals surface area contributed by atoms with Crippen molar-refractivity contribution in [3.05, 3.63) is 4.91 Å². The second-order valence-electron chi connectivity index (χ2n) is 6.49. The number of unbranched alkanes of at least 4 members (excludes halogenated alkanes) is 8. The molecule has 0 aromatic heterocycles. The van der Waals surface area contributed by atoms with Crippen LogP contribution in [0.2, 0.25) is 0 Å². The van der Waals surface area contributed by atoms with Crippen LogP contribution in [0.25, 0.3) is 0 Å². The summed E-state index contributed by atoms with van der Waals surface area (Å²) in [5.41, 5.74) is 0. The number of nitroso groups, excluding NO2 is 1. The summed E-state index contributed by atoms with van der Waals surface area (Å²) in [6.45, 7) is 5.30. The van der Waals surface area contributed by atoms with Crippen LogP contribution >= 0.6 is 11.6 Å². The summed E-state index contributed by atoms with van der Waals surface area (Å²) in [7, 11) is 0. The van der Waals surface area contributed by atoms with Crippen LogP contribution in [0.3, 0.4) is 0 Å². The van der Waals surface area contributed by atoms with E-state index >= 15 is 0 Å². The Hall–Kier alpha value is -0.840. The Morgan fingerprint density at radius 1 is 1.00 bits per heavy atom. The molecule has 0 aliphatic rings. The molecule has 0 aromatic carbocycles. The van der Waals surface area contributed by atoms with E-state index in [-0.39, 0.29) is 12.4 Å². The molecular formula is C17H34ClN3O2. The van der Waals surface area contributed by atoms with E-state index in [9.17, 15) is 9.70 Å². The number of amides is 2. The first-order chi connectivity index (χ1) is 11.1. The van der Waals surface area contributed by atoms with Crippen LogP contribution in [0, 0.1) is 10.8 Å². The summed E-state index contributed by atoms with van der Waals surface area (Å²) < 4.78 is 0. The zero-order valence-corrected chi connectivity index (χ0v) is 15.6. The van der Waals surface area contributed by atoms with Gasteiger partial charge in [0.2, 0.25) is 0 Å². The summed E-state index contributed by atoms with van der Waals surface area (Å²) in [5.74, 6) is 1.04. The third kappa shape index (κ3) is 14.5. The topological polar surface area (TPSA) is 61.8 Å². The van der Waals surface area contributed by atoms with E-state index in [4.69, 9.17) is 11.6 Å². The quantitative estimate of drug-likeness (QED) is 0.184. The molecule has 0 radical (unpaired) electrons. The predicted octanol–water partition coefficient (Wildman–Crippen LogP) is 5.48. The molecule has 0 unspecified atom stereocenters. The normalized spacial score (nSPS) is 10.8. The van der Waals surface area contributed by atoms with E-state index in [1.807, 2.05) is 0 Å². The molecule has 0 aliphatic carbocycles. The maximum absolute atomic E-state index is 11.5. The fourth-order valence-corrected chi connectivity index (χ4v) is 2.62. The summed E-state index contributed by atoms with van der Waals surface area (Å²) >= 11 is 5.48. The van der Waals surface area contributed by atoms with Crippen LogP contribution in [0.15, 0.2) is 5.29 Å². The highest BCUT2D eigenvalue weighted by Gasteiger charge is 2.11. The lowest BCUT2D eigenvalue weighted by Gasteiger charge is -2.12. The van der Waals surface area contributed by atoms with E-state index in [2.05, 4.69) is 24.5 Å². The molecule has 0 atom stereocenters. The summed E-state index contributed by atoms with van der Waals surface area (Å²) in [4.78, 5) is 22.0. The molecule has 6 heteroatoms. The van der Waals surface area contributed by atoms with Gasteiger partial charge in [0.1, 0.15) is 0 Å². The molecule has 0 aromatic rings. The number of rotatable bonds is 15. The van der Waals surface area contributed by atoms with Crippen LogP contribution in [-0.4, -0.2) is 30.0 Å². The summed E-state index contributed by atoms with van der Waals surface area (Å²) in [6, 6.07) is -0.456. The number of carbonyl (C=O) groups excluding carboxylic acids is 1. The lowest BCUT2D eigenvalue weighted by atomic mass is 10.0. The standard InChI is InChI=1S/C17H34ClN3O2/c1-16(2)12-10-8-6-4-3-5-7-9-11-14-19-17(22)21(20-23)15-13-18/h16H,3-15H2,1-2H3,(H,19,22). The molecule has 1 N–H and O–H groups in total. The third-order valence-corrected chi connectivity index (χ3v) is 4.03. The minimum absolute atomic E-state index is 0.147. The number of nitrogens with zero attached hydrogens (tertiary/aromatic N) is 2. The Morgan fingerprint density at radius 2 is 1.52 bits per heavy atom. The van der Waals surface area contributed by atoms with Gasteiger partial charge in [-0.3, -0.25) is 0 Å². The minimum Gasteiger partial charge on any atom is -0.336 e. The Kier molecular flexibility index (Phi) is 15.4. The predicted molar refractivity (Wildman–Crippen MR) is 97.6 cm³/mol. The smallest absolute Gasteiger partial charge is 0.336 e. The van der Waals surface area contributed by atoms with Crippen molar-refractivity contribution < 1.29 is 4.79 Å². The molecule has 0 bridgehead atoms. The highest BCUT2D eigenvalue weighted by atomic mass is 35.5. The zero-order chi connectivity index (χ0) is 17.3. The van der Waals surface area contributed by atoms with Crippen LogP contribution in [0.4, 0.5) is 4.79 Å². The van der Waals surface area contributed by atoms with Crippen molar-refractivity contribution in [2.45, 2.75) is 78.1 Å². The van der Waals surface area contributed by atoms with Crippen molar-refractivity contribution in [1.29, 1.82) is 0 Å². The lowest BCUT2D eigenvalue weighted by Crippen LogP contribution is -2.37. The van der Waals surface area contributed by atoms with Crippen molar-refractivity contribution >= 4 is 17.6 Å². The number of nitrogens with one attached hydrogen (secondary N) is 1. The fraction of sp³-hybridized carbons (Fsp3) is 0.941. The monoisotopic (exact) mass is 347 g/mol. The second-order valence-corrected chi connectivity index (χ2v) is 6.87. The Morgan fingerprint density at radius 3 is 2.00 bits per heavy atom. The number of hydrogen-bond acceptors (Lipinski definition) is 3. The van der Waals surface area contributed by atoms with E-state index in [1.165, 1.54) is 51.4 Å². The molecule has 23 heavy (non-hydrogen) atoms. The molecule has 5 nitrogen and oxygen atoms in total. The maximum Gasteiger partial charge on any atom is 0.340 e. The minimum atomic E-state index is -0.456. The lowest BCUT2D eigenvalue weighted by molar-refractivity contribution is 0.202. The molecule has 0 saturated carbocycles. The SMILES string of the molecule is CC(C)CCCCCCCCCCCNC(=O)N(CCCl)N=O. The van der Waals surface area contributed by atoms with Gasteiger partial charge in [-0.2, -0.15) is 5.01 Å². The van der Waals surface area contributed by atoms with Crippen molar-refractivity contribution in [3.63, 3.8) is 0 Å². The van der Waals surface area contributed by atoms with Crippen molar-refractivity contribution in [2.24, 2.45) is 11.2 Å². The molecule has 0 rings (SSSR count). The van der Waals surface area contributed by atoms with E-state index in [0.717, 1.165) is 23.8 Å². The van der Waals surface area contributed by atoms with Gasteiger partial charge in [0.15, 0.2) is 0 Å². The first kappa shape index (κ1) is 22.2. The molecule has 0 heterocycles. The highest BCUT2D eigenvalue weighted by molar-refractivity contribution is 6.18. The third-order valence-electron chi connectivity index (χ3n) is 3.86. The molecule has 0 fully saturated rings. The highest BCUT2D eigenvalue weighted by Crippen LogP contribution is 2.12. The van der Waals surface area contributed by atoms with E-state index < -0.39 is 6.03 Å². The van der Waals surface area contributed by atoms with Gasteiger partial charge in [-0.15, -0.1) is 16.5 Å². The van der Waals surface area contributed by atoms with Gasteiger partial charge in [-0.1, -0.05) is 71.6 Å². The molecule has 136 valence electrons. The van der Waals surface area contributed by atoms with Gasteiger partial charge in [0, 0.05) is 12.4 Å². The number of urea groups is 1. The number of carbonyl (C=O) groups is 1. The Labute approximate surface area is 146 Å². The Bertz CT molecular complexity index is 302. The number of hydrogen-bond donors (Lipinski definition) is 1. The van der Waals surface area contributed by atoms with Gasteiger partial charge < -0.3 is 5.32 Å². The van der Waals surface area contributed by atoms with Crippen molar-refractivity contribution in [3.8, 4) is 0 Å². The van der Waals surface area contributed by atoms with Crippen LogP contribution in [0.5, 0.6) is 0 Å². The van der Waals surface area contributed by atoms with Crippen LogP contribution in [-0.2, 0) is 0 Å². The average Bonchev–Trinajstić information content (AvgIpc) is 2.53. The Balaban J connectivity index is 3.30. The maximum atomic E-state index is 11.5. The second kappa shape index (κ2) is 16.0. The zero-order valence-electron chi connectivity index (χ0n) is 14.9. The van der Waals surface area contributed by atoms with E-state index in [0.29, 0.717) is 6.54 Å². The van der Waals surface area contributed by atoms with E-state index in [1.54, 1.807) is 0 Å². The average molecular weight is 348 g/mol. The largest absolute Gasteiger partial charge is 0.340 e. The van der Waals surface area contributed by atoms with Gasteiger partial charge in [-0.05, 0) is 12.3 Å². The molecule has 0 saturated heterocycles. The van der Waals surface area contributed by atoms with Gasteiger partial charge in [0.05, 0.1) is 11.8 Å². The van der Waals surface area contributed by atoms with Gasteiger partial charge in [-0.25, -0.2) is 4.79 Å². The van der Waals surface area contributed by atoms with Crippen LogP contribution in [0.1, 0.15) is 78.1 Å². The van der Waals surface area contributed by atoms with Crippen LogP contribution < -0.4 is 5.32 Å². The fourth-order valence-electron chi connectivity index (χ4n) is 2.46. The van der Waals surface area contributed by atoms with Crippen molar-refractivity contribution in [1.82, 2.24) is 10.3 Å². The van der Waals surface area contributed by atoms with Gasteiger partial charge in [0.25, 0.3) is 0 Å². The molecule has 2 amide bonds. The summed E-state index contributed by atoms with van der Waals surface area (Å²) in [5, 5.41) is 6.16. The molecular weight excluding hydrogens is 314 g/mol. The summed E-state index contributed by atoms with van der Waals surface area (Å²) in [6.07, 6.45) is 12.6.